The lowest BCUT2D eigenvalue weighted by Gasteiger charge is -2.36. The molecule has 6 aromatic carbocycles. The Kier molecular flexibility index (Phi) is 10.2. The third kappa shape index (κ3) is 6.75. The molecule has 0 saturated heterocycles. The van der Waals surface area contributed by atoms with Crippen LogP contribution in [0.2, 0.25) is 0 Å². The fourth-order valence-corrected chi connectivity index (χ4v) is 14.7. The molecule has 0 radical (unpaired) electrons. The maximum Gasteiger partial charge on any atom is 0.128 e. The third-order valence-electron chi connectivity index (χ3n) is 11.3. The first-order valence-corrected chi connectivity index (χ1v) is 22.6. The van der Waals surface area contributed by atoms with Crippen molar-refractivity contribution in [2.24, 2.45) is 0 Å². The summed E-state index contributed by atoms with van der Waals surface area (Å²) in [5.41, 5.74) is 13.0. The predicted molar refractivity (Wildman–Crippen MR) is 239 cm³/mol. The van der Waals surface area contributed by atoms with E-state index in [4.69, 9.17) is 0 Å². The van der Waals surface area contributed by atoms with Crippen LogP contribution in [0.15, 0.2) is 121 Å². The molecule has 4 heteroatoms. The van der Waals surface area contributed by atoms with Crippen molar-refractivity contribution in [3.8, 4) is 0 Å². The van der Waals surface area contributed by atoms with Crippen LogP contribution < -0.4 is 41.6 Å². The Bertz CT molecular complexity index is 2180. The van der Waals surface area contributed by atoms with Gasteiger partial charge in [-0.25, -0.2) is 0 Å². The molecule has 1 aliphatic heterocycles. The molecule has 0 aliphatic carbocycles. The Morgan fingerprint density at radius 1 is 0.453 bits per heavy atom. The molecule has 2 nitrogen and oxygen atoms in total. The van der Waals surface area contributed by atoms with Gasteiger partial charge in [-0.15, -0.1) is 0 Å². The Balaban J connectivity index is 1.64. The monoisotopic (exact) mass is 733 g/mol. The SMILES string of the molecule is Cc1ccc2c(c1)P(c1ccc(C(C)C)cc1)c1cc(C)ccc1N(C)c1ccc(C)cc1[P+](C)(c1ccc(C(C)C)cc1)c1cc(C)ccc1N2C. The first-order chi connectivity index (χ1) is 25.3. The first-order valence-electron chi connectivity index (χ1n) is 19.1. The summed E-state index contributed by atoms with van der Waals surface area (Å²) in [7, 11) is 1.42. The standard InChI is InChI=1S/C49H55N2P2/c1-32(2)38-16-20-40(21-17-38)52-46-28-34(5)12-24-42(46)50(9)44-26-14-36(7)30-48(44)53(11,41-22-18-39(19-23-41)33(3)4)49-31-37(8)15-27-45(49)51(10)43-25-13-35(6)29-47(43)52/h12-33H,1-11H3/q+1. The molecule has 0 bridgehead atoms. The van der Waals surface area contributed by atoms with Gasteiger partial charge in [0.15, 0.2) is 0 Å². The minimum atomic E-state index is -2.24. The topological polar surface area (TPSA) is 6.48 Å². The average Bonchev–Trinajstić information content (AvgIpc) is 3.14. The number of nitrogens with zero attached hydrogens (tertiary/aromatic N) is 2. The zero-order chi connectivity index (χ0) is 37.8. The zero-order valence-corrected chi connectivity index (χ0v) is 35.3. The second kappa shape index (κ2) is 14.5. The van der Waals surface area contributed by atoms with Crippen molar-refractivity contribution in [3.05, 3.63) is 155 Å². The maximum absolute atomic E-state index is 2.57. The number of anilines is 4. The Morgan fingerprint density at radius 3 is 1.21 bits per heavy atom. The molecule has 0 unspecified atom stereocenters. The molecule has 0 spiro atoms. The van der Waals surface area contributed by atoms with E-state index < -0.39 is 15.2 Å². The molecule has 0 fully saturated rings. The first kappa shape index (κ1) is 37.1. The van der Waals surface area contributed by atoms with Crippen molar-refractivity contribution >= 4 is 69.8 Å². The summed E-state index contributed by atoms with van der Waals surface area (Å²) in [5, 5.41) is 8.38. The van der Waals surface area contributed by atoms with Crippen LogP contribution in [0.3, 0.4) is 0 Å². The second-order valence-corrected chi connectivity index (χ2v) is 21.6. The maximum atomic E-state index is 2.57. The van der Waals surface area contributed by atoms with Crippen LogP contribution in [0, 0.1) is 27.7 Å². The Hall–Kier alpha value is -4.22. The predicted octanol–water partition coefficient (Wildman–Crippen LogP) is 10.7. The van der Waals surface area contributed by atoms with E-state index in [1.54, 1.807) is 0 Å². The molecule has 0 N–H and O–H groups in total. The second-order valence-electron chi connectivity index (χ2n) is 15.9. The molecule has 0 atom stereocenters. The number of hydrogen-bond donors (Lipinski definition) is 0. The van der Waals surface area contributed by atoms with Gasteiger partial charge in [0.2, 0.25) is 0 Å². The van der Waals surface area contributed by atoms with Crippen LogP contribution in [0.25, 0.3) is 0 Å². The van der Waals surface area contributed by atoms with E-state index in [1.807, 2.05) is 0 Å². The number of aryl methyl sites for hydroxylation is 4. The Morgan fingerprint density at radius 2 is 0.811 bits per heavy atom. The molecule has 7 rings (SSSR count). The summed E-state index contributed by atoms with van der Waals surface area (Å²) in [6, 6.07) is 47.8. The van der Waals surface area contributed by atoms with Crippen LogP contribution in [0.1, 0.15) is 72.9 Å². The molecule has 0 amide bonds. The van der Waals surface area contributed by atoms with Crippen LogP contribution in [0.5, 0.6) is 0 Å². The molecule has 0 aromatic heterocycles. The average molecular weight is 734 g/mol. The zero-order valence-electron chi connectivity index (χ0n) is 33.5. The van der Waals surface area contributed by atoms with Crippen molar-refractivity contribution in [1.29, 1.82) is 0 Å². The molecule has 6 aromatic rings. The number of benzene rings is 6. The van der Waals surface area contributed by atoms with Gasteiger partial charge >= 0.3 is 0 Å². The Labute approximate surface area is 321 Å². The third-order valence-corrected chi connectivity index (χ3v) is 17.8. The number of fused-ring (bicyclic) bond motifs is 4. The van der Waals surface area contributed by atoms with Gasteiger partial charge < -0.3 is 9.80 Å². The molecule has 53 heavy (non-hydrogen) atoms. The van der Waals surface area contributed by atoms with E-state index in [0.717, 1.165) is 0 Å². The smallest absolute Gasteiger partial charge is 0.128 e. The van der Waals surface area contributed by atoms with E-state index >= 15 is 0 Å². The van der Waals surface area contributed by atoms with Crippen molar-refractivity contribution in [2.75, 3.05) is 30.6 Å². The quantitative estimate of drug-likeness (QED) is 0.167. The highest BCUT2D eigenvalue weighted by Gasteiger charge is 2.46. The summed E-state index contributed by atoms with van der Waals surface area (Å²) >= 11 is 0. The largest absolute Gasteiger partial charge is 0.341 e. The van der Waals surface area contributed by atoms with Gasteiger partial charge in [-0.05, 0) is 136 Å². The van der Waals surface area contributed by atoms with Gasteiger partial charge in [-0.1, -0.05) is 99.5 Å². The molecule has 270 valence electrons. The van der Waals surface area contributed by atoms with Crippen molar-refractivity contribution in [2.45, 2.75) is 67.2 Å². The van der Waals surface area contributed by atoms with Crippen molar-refractivity contribution in [3.63, 3.8) is 0 Å². The molecule has 0 saturated carbocycles. The lowest BCUT2D eigenvalue weighted by Crippen LogP contribution is -2.38. The number of rotatable bonds is 4. The van der Waals surface area contributed by atoms with Crippen molar-refractivity contribution in [1.82, 2.24) is 0 Å². The summed E-state index contributed by atoms with van der Waals surface area (Å²) in [6.45, 7) is 20.7. The van der Waals surface area contributed by atoms with Crippen LogP contribution in [-0.2, 0) is 0 Å². The molecular weight excluding hydrogens is 679 g/mol. The molecular formula is C49H55N2P2+. The highest BCUT2D eigenvalue weighted by molar-refractivity contribution is 7.95. The summed E-state index contributed by atoms with van der Waals surface area (Å²) < 4.78 is 0. The highest BCUT2D eigenvalue weighted by Crippen LogP contribution is 2.57. The summed E-state index contributed by atoms with van der Waals surface area (Å²) in [5.74, 6) is 0.956. The van der Waals surface area contributed by atoms with Gasteiger partial charge in [0.1, 0.15) is 23.2 Å². The summed E-state index contributed by atoms with van der Waals surface area (Å²) in [6.07, 6.45) is 0. The lowest BCUT2D eigenvalue weighted by molar-refractivity contribution is 0.867. The van der Waals surface area contributed by atoms with E-state index in [-0.39, 0.29) is 0 Å². The van der Waals surface area contributed by atoms with Gasteiger partial charge in [0.25, 0.3) is 0 Å². The van der Waals surface area contributed by atoms with Crippen LogP contribution in [-0.4, -0.2) is 20.8 Å². The van der Waals surface area contributed by atoms with E-state index in [0.29, 0.717) is 11.8 Å². The van der Waals surface area contributed by atoms with Crippen LogP contribution in [0.4, 0.5) is 22.7 Å². The van der Waals surface area contributed by atoms with Crippen molar-refractivity contribution < 1.29 is 0 Å². The minimum absolute atomic E-state index is 0.476. The van der Waals surface area contributed by atoms with Gasteiger partial charge in [-0.3, -0.25) is 0 Å². The lowest BCUT2D eigenvalue weighted by atomic mass is 10.0. The van der Waals surface area contributed by atoms with Crippen LogP contribution >= 0.6 is 15.2 Å². The normalized spacial score (nSPS) is 17.1. The number of hydrogen-bond acceptors (Lipinski definition) is 2. The van der Waals surface area contributed by atoms with Gasteiger partial charge in [0, 0.05) is 36.1 Å². The van der Waals surface area contributed by atoms with E-state index in [1.165, 1.54) is 88.0 Å². The fourth-order valence-electron chi connectivity index (χ4n) is 7.98. The summed E-state index contributed by atoms with van der Waals surface area (Å²) in [4.78, 5) is 5.02. The van der Waals surface area contributed by atoms with Gasteiger partial charge in [0.05, 0.1) is 18.0 Å². The van der Waals surface area contributed by atoms with E-state index in [9.17, 15) is 0 Å². The molecule has 1 heterocycles. The van der Waals surface area contributed by atoms with E-state index in [2.05, 4.69) is 207 Å². The fraction of sp³-hybridized carbons (Fsp3) is 0.265. The van der Waals surface area contributed by atoms with Gasteiger partial charge in [-0.2, -0.15) is 0 Å². The molecule has 1 aliphatic rings. The minimum Gasteiger partial charge on any atom is -0.341 e. The highest BCUT2D eigenvalue weighted by atomic mass is 31.2.